The molecule has 0 aromatic heterocycles. The quantitative estimate of drug-likeness (QED) is 0.919. The largest absolute Gasteiger partial charge is 0.350 e. The van der Waals surface area contributed by atoms with Crippen molar-refractivity contribution in [2.24, 2.45) is 5.92 Å². The standard InChI is InChI=1S/C15H17F2NO3S/c1-15(5-6-22(20,21)8-15)18-14(19)11-7-10(11)9-3-2-4-12(16)13(9)17/h2-4,10-11H,5-8H2,1H3,(H,18,19). The average Bonchev–Trinajstić information content (AvgIpc) is 3.14. The molecule has 3 atom stereocenters. The first-order chi connectivity index (χ1) is 10.2. The van der Waals surface area contributed by atoms with Crippen LogP contribution in [-0.4, -0.2) is 31.4 Å². The molecule has 120 valence electrons. The lowest BCUT2D eigenvalue weighted by atomic mass is 10.0. The molecule has 4 nitrogen and oxygen atoms in total. The second kappa shape index (κ2) is 5.01. The van der Waals surface area contributed by atoms with Gasteiger partial charge in [0.05, 0.1) is 17.0 Å². The summed E-state index contributed by atoms with van der Waals surface area (Å²) in [7, 11) is -3.11. The first kappa shape index (κ1) is 15.4. The molecule has 0 spiro atoms. The third kappa shape index (κ3) is 2.86. The van der Waals surface area contributed by atoms with Crippen LogP contribution >= 0.6 is 0 Å². The molecular weight excluding hydrogens is 312 g/mol. The number of rotatable bonds is 3. The topological polar surface area (TPSA) is 63.2 Å². The molecule has 1 aromatic carbocycles. The fourth-order valence-electron chi connectivity index (χ4n) is 3.13. The van der Waals surface area contributed by atoms with Gasteiger partial charge in [0.15, 0.2) is 21.5 Å². The third-order valence-corrected chi connectivity index (χ3v) is 6.34. The maximum absolute atomic E-state index is 13.7. The van der Waals surface area contributed by atoms with Gasteiger partial charge in [0.1, 0.15) is 0 Å². The summed E-state index contributed by atoms with van der Waals surface area (Å²) in [4.78, 5) is 12.2. The first-order valence-electron chi connectivity index (χ1n) is 7.17. The highest BCUT2D eigenvalue weighted by Gasteiger charge is 2.48. The van der Waals surface area contributed by atoms with Gasteiger partial charge in [-0.3, -0.25) is 4.79 Å². The van der Waals surface area contributed by atoms with Crippen LogP contribution in [0.15, 0.2) is 18.2 Å². The maximum atomic E-state index is 13.7. The zero-order chi connectivity index (χ0) is 16.1. The summed E-state index contributed by atoms with van der Waals surface area (Å²) in [5.41, 5.74) is -0.548. The van der Waals surface area contributed by atoms with Crippen LogP contribution in [-0.2, 0) is 14.6 Å². The summed E-state index contributed by atoms with van der Waals surface area (Å²) in [6, 6.07) is 3.95. The molecule has 3 unspecified atom stereocenters. The molecule has 0 bridgehead atoms. The minimum atomic E-state index is -3.11. The number of halogens is 2. The average molecular weight is 329 g/mol. The lowest BCUT2D eigenvalue weighted by Gasteiger charge is -2.24. The zero-order valence-corrected chi connectivity index (χ0v) is 12.9. The van der Waals surface area contributed by atoms with E-state index in [1.165, 1.54) is 12.1 Å². The van der Waals surface area contributed by atoms with Crippen molar-refractivity contribution in [2.75, 3.05) is 11.5 Å². The smallest absolute Gasteiger partial charge is 0.224 e. The van der Waals surface area contributed by atoms with E-state index in [0.29, 0.717) is 12.8 Å². The van der Waals surface area contributed by atoms with Crippen molar-refractivity contribution in [1.29, 1.82) is 0 Å². The number of carbonyl (C=O) groups excluding carboxylic acids is 1. The van der Waals surface area contributed by atoms with E-state index in [2.05, 4.69) is 5.32 Å². The van der Waals surface area contributed by atoms with Crippen LogP contribution in [0.4, 0.5) is 8.78 Å². The summed E-state index contributed by atoms with van der Waals surface area (Å²) < 4.78 is 50.0. The van der Waals surface area contributed by atoms with Crippen LogP contribution in [0.25, 0.3) is 0 Å². The van der Waals surface area contributed by atoms with Gasteiger partial charge in [-0.25, -0.2) is 17.2 Å². The minimum absolute atomic E-state index is 0.0659. The molecule has 0 radical (unpaired) electrons. The molecule has 1 aromatic rings. The second-order valence-corrected chi connectivity index (χ2v) is 8.67. The number of hydrogen-bond donors (Lipinski definition) is 1. The Bertz CT molecular complexity index is 734. The van der Waals surface area contributed by atoms with E-state index in [4.69, 9.17) is 0 Å². The van der Waals surface area contributed by atoms with Crippen LogP contribution in [0.3, 0.4) is 0 Å². The monoisotopic (exact) mass is 329 g/mol. The molecule has 1 aliphatic heterocycles. The van der Waals surface area contributed by atoms with Gasteiger partial charge in [-0.2, -0.15) is 0 Å². The van der Waals surface area contributed by atoms with Gasteiger partial charge in [0, 0.05) is 5.92 Å². The van der Waals surface area contributed by atoms with Crippen molar-refractivity contribution in [3.8, 4) is 0 Å². The van der Waals surface area contributed by atoms with Crippen LogP contribution < -0.4 is 5.32 Å². The van der Waals surface area contributed by atoms with E-state index in [1.807, 2.05) is 0 Å². The number of sulfone groups is 1. The molecule has 7 heteroatoms. The highest BCUT2D eigenvalue weighted by molar-refractivity contribution is 7.91. The van der Waals surface area contributed by atoms with Crippen LogP contribution in [0.2, 0.25) is 0 Å². The van der Waals surface area contributed by atoms with E-state index in [9.17, 15) is 22.0 Å². The summed E-state index contributed by atoms with van der Waals surface area (Å²) >= 11 is 0. The second-order valence-electron chi connectivity index (χ2n) is 6.48. The van der Waals surface area contributed by atoms with Gasteiger partial charge in [-0.1, -0.05) is 12.1 Å². The normalized spacial score (nSPS) is 32.7. The van der Waals surface area contributed by atoms with Crippen LogP contribution in [0.1, 0.15) is 31.2 Å². The lowest BCUT2D eigenvalue weighted by molar-refractivity contribution is -0.123. The summed E-state index contributed by atoms with van der Waals surface area (Å²) in [6.45, 7) is 1.70. The molecule has 1 amide bonds. The van der Waals surface area contributed by atoms with Gasteiger partial charge in [-0.15, -0.1) is 0 Å². The molecule has 1 heterocycles. The Morgan fingerprint density at radius 1 is 1.36 bits per heavy atom. The van der Waals surface area contributed by atoms with E-state index in [0.717, 1.165) is 6.07 Å². The summed E-state index contributed by atoms with van der Waals surface area (Å²) in [6.07, 6.45) is 0.835. The fourth-order valence-corrected chi connectivity index (χ4v) is 5.23. The van der Waals surface area contributed by atoms with Crippen molar-refractivity contribution in [1.82, 2.24) is 5.32 Å². The molecule has 2 aliphatic rings. The first-order valence-corrected chi connectivity index (χ1v) is 8.99. The molecule has 3 rings (SSSR count). The Hall–Kier alpha value is -1.50. The Kier molecular flexibility index (Phi) is 3.51. The molecule has 1 N–H and O–H groups in total. The number of hydrogen-bond acceptors (Lipinski definition) is 3. The Labute approximate surface area is 127 Å². The zero-order valence-electron chi connectivity index (χ0n) is 12.1. The Morgan fingerprint density at radius 2 is 2.09 bits per heavy atom. The highest BCUT2D eigenvalue weighted by Crippen LogP contribution is 2.49. The SMILES string of the molecule is CC1(NC(=O)C2CC2c2cccc(F)c2F)CCS(=O)(=O)C1. The number of carbonyl (C=O) groups is 1. The predicted molar refractivity (Wildman–Crippen MR) is 77.0 cm³/mol. The van der Waals surface area contributed by atoms with Gasteiger partial charge in [-0.05, 0) is 37.3 Å². The lowest BCUT2D eigenvalue weighted by Crippen LogP contribution is -2.47. The van der Waals surface area contributed by atoms with Gasteiger partial charge < -0.3 is 5.32 Å². The molecular formula is C15H17F2NO3S. The van der Waals surface area contributed by atoms with Crippen molar-refractivity contribution < 1.29 is 22.0 Å². The minimum Gasteiger partial charge on any atom is -0.350 e. The third-order valence-electron chi connectivity index (χ3n) is 4.44. The molecule has 2 fully saturated rings. The van der Waals surface area contributed by atoms with E-state index >= 15 is 0 Å². The van der Waals surface area contributed by atoms with Gasteiger partial charge in [0.25, 0.3) is 0 Å². The van der Waals surface area contributed by atoms with Crippen molar-refractivity contribution in [3.63, 3.8) is 0 Å². The Balaban J connectivity index is 1.68. The molecule has 22 heavy (non-hydrogen) atoms. The highest BCUT2D eigenvalue weighted by atomic mass is 32.2. The van der Waals surface area contributed by atoms with E-state index in [1.54, 1.807) is 6.92 Å². The van der Waals surface area contributed by atoms with Crippen LogP contribution in [0.5, 0.6) is 0 Å². The maximum Gasteiger partial charge on any atom is 0.224 e. The van der Waals surface area contributed by atoms with Crippen molar-refractivity contribution >= 4 is 15.7 Å². The summed E-state index contributed by atoms with van der Waals surface area (Å²) in [5.74, 6) is -2.87. The molecule has 1 saturated carbocycles. The van der Waals surface area contributed by atoms with Crippen molar-refractivity contribution in [2.45, 2.75) is 31.2 Å². The number of amides is 1. The molecule has 1 saturated heterocycles. The Morgan fingerprint density at radius 3 is 2.73 bits per heavy atom. The van der Waals surface area contributed by atoms with Gasteiger partial charge >= 0.3 is 0 Å². The fraction of sp³-hybridized carbons (Fsp3) is 0.533. The van der Waals surface area contributed by atoms with E-state index in [-0.39, 0.29) is 28.9 Å². The summed E-state index contributed by atoms with van der Waals surface area (Å²) in [5, 5.41) is 2.77. The van der Waals surface area contributed by atoms with Crippen LogP contribution in [0, 0.1) is 17.6 Å². The number of nitrogens with one attached hydrogen (secondary N) is 1. The number of benzene rings is 1. The van der Waals surface area contributed by atoms with E-state index < -0.39 is 32.9 Å². The predicted octanol–water partition coefficient (Wildman–Crippen LogP) is 1.76. The van der Waals surface area contributed by atoms with Gasteiger partial charge in [0.2, 0.25) is 5.91 Å². The van der Waals surface area contributed by atoms with Crippen molar-refractivity contribution in [3.05, 3.63) is 35.4 Å². The molecule has 1 aliphatic carbocycles.